The number of halogens is 4. The molecular weight excluding hydrogens is 648 g/mol. The van der Waals surface area contributed by atoms with E-state index in [1.54, 1.807) is 0 Å². The summed E-state index contributed by atoms with van der Waals surface area (Å²) in [6.07, 6.45) is 5.17. The van der Waals surface area contributed by atoms with Crippen LogP contribution in [0.1, 0.15) is 37.7 Å². The fourth-order valence-corrected chi connectivity index (χ4v) is 6.38. The molecule has 2 aliphatic rings. The van der Waals surface area contributed by atoms with Crippen LogP contribution in [0.2, 0.25) is 0 Å². The Morgan fingerprint density at radius 1 is 1.09 bits per heavy atom. The Kier molecular flexibility index (Phi) is 10.7. The Bertz CT molecular complexity index is 1700. The maximum atomic E-state index is 15.3. The zero-order chi connectivity index (χ0) is 33.8. The van der Waals surface area contributed by atoms with Gasteiger partial charge in [-0.15, -0.1) is 0 Å². The Balaban J connectivity index is 1.50. The van der Waals surface area contributed by atoms with E-state index in [0.29, 0.717) is 62.2 Å². The number of likely N-dealkylation sites (tertiary alicyclic amines) is 1. The molecule has 5 rings (SSSR count). The number of piperidine rings is 1. The first-order valence-electron chi connectivity index (χ1n) is 15.1. The van der Waals surface area contributed by atoms with E-state index in [0.717, 1.165) is 51.9 Å². The van der Waals surface area contributed by atoms with E-state index in [1.807, 2.05) is 4.90 Å². The number of morpholine rings is 1. The highest BCUT2D eigenvalue weighted by molar-refractivity contribution is 7.93. The number of methoxy groups -OCH3 is 2. The standard InChI is InChI=1S/C30H36F4N6O6S/c1-44-25(41)5-3-4-19-6-8-39(9-7-19)18-21-14-22(31)16-23-26(36-29(37-27(21)23)40-10-12-46-13-11-40)20-15-24(28(45-2)35-17-20)38-47(42,43)30(32,33)34/h14-17,19,38H,3-13,18H2,1-2H3. The lowest BCUT2D eigenvalue weighted by Gasteiger charge is -2.32. The van der Waals surface area contributed by atoms with Crippen LogP contribution in [0.25, 0.3) is 22.2 Å². The third-order valence-corrected chi connectivity index (χ3v) is 9.41. The van der Waals surface area contributed by atoms with Gasteiger partial charge in [0.05, 0.1) is 38.6 Å². The van der Waals surface area contributed by atoms with E-state index in [4.69, 9.17) is 19.2 Å². The number of hydrogen-bond acceptors (Lipinski definition) is 11. The van der Waals surface area contributed by atoms with Crippen molar-refractivity contribution in [2.75, 3.05) is 63.2 Å². The molecule has 0 bridgehead atoms. The minimum atomic E-state index is -5.81. The molecule has 47 heavy (non-hydrogen) atoms. The van der Waals surface area contributed by atoms with Crippen molar-refractivity contribution in [1.82, 2.24) is 19.9 Å². The number of ether oxygens (including phenoxy) is 3. The molecular formula is C30H36F4N6O6S. The van der Waals surface area contributed by atoms with Crippen LogP contribution in [0.5, 0.6) is 5.88 Å². The Morgan fingerprint density at radius 2 is 1.81 bits per heavy atom. The normalized spacial score (nSPS) is 16.8. The maximum absolute atomic E-state index is 15.3. The first kappa shape index (κ1) is 34.5. The number of benzene rings is 1. The molecule has 0 radical (unpaired) electrons. The number of carbonyl (C=O) groups excluding carboxylic acids is 1. The lowest BCUT2D eigenvalue weighted by molar-refractivity contribution is -0.140. The molecule has 256 valence electrons. The van der Waals surface area contributed by atoms with Crippen LogP contribution in [0.15, 0.2) is 24.4 Å². The van der Waals surface area contributed by atoms with Crippen LogP contribution in [0.3, 0.4) is 0 Å². The maximum Gasteiger partial charge on any atom is 0.516 e. The highest BCUT2D eigenvalue weighted by Gasteiger charge is 2.46. The average molecular weight is 685 g/mol. The zero-order valence-corrected chi connectivity index (χ0v) is 26.8. The van der Waals surface area contributed by atoms with Gasteiger partial charge in [-0.3, -0.25) is 14.4 Å². The van der Waals surface area contributed by atoms with Crippen LogP contribution < -0.4 is 14.4 Å². The van der Waals surface area contributed by atoms with Crippen molar-refractivity contribution >= 4 is 38.5 Å². The summed E-state index contributed by atoms with van der Waals surface area (Å²) in [7, 11) is -3.29. The number of hydrogen-bond donors (Lipinski definition) is 1. The summed E-state index contributed by atoms with van der Waals surface area (Å²) in [6, 6.07) is 3.78. The molecule has 4 heterocycles. The van der Waals surface area contributed by atoms with Gasteiger partial charge in [-0.1, -0.05) is 0 Å². The second kappa shape index (κ2) is 14.5. The third kappa shape index (κ3) is 8.19. The monoisotopic (exact) mass is 684 g/mol. The molecule has 0 aliphatic carbocycles. The Labute approximate surface area is 269 Å². The van der Waals surface area contributed by atoms with Crippen molar-refractivity contribution in [1.29, 1.82) is 0 Å². The first-order chi connectivity index (χ1) is 22.4. The number of nitrogens with one attached hydrogen (secondary N) is 1. The average Bonchev–Trinajstić information content (AvgIpc) is 3.04. The second-order valence-electron chi connectivity index (χ2n) is 11.5. The van der Waals surface area contributed by atoms with Crippen molar-refractivity contribution in [3.63, 3.8) is 0 Å². The fraction of sp³-hybridized carbons (Fsp3) is 0.533. The molecule has 2 aliphatic heterocycles. The Hall–Kier alpha value is -3.83. The van der Waals surface area contributed by atoms with Crippen LogP contribution in [0, 0.1) is 11.7 Å². The largest absolute Gasteiger partial charge is 0.516 e. The van der Waals surface area contributed by atoms with E-state index >= 15 is 4.39 Å². The molecule has 0 saturated carbocycles. The van der Waals surface area contributed by atoms with Crippen molar-refractivity contribution in [3.8, 4) is 17.1 Å². The highest BCUT2D eigenvalue weighted by Crippen LogP contribution is 2.36. The number of rotatable bonds is 11. The summed E-state index contributed by atoms with van der Waals surface area (Å²) in [4.78, 5) is 29.1. The predicted octanol–water partition coefficient (Wildman–Crippen LogP) is 4.49. The molecule has 2 saturated heterocycles. The number of pyridine rings is 1. The predicted molar refractivity (Wildman–Crippen MR) is 165 cm³/mol. The SMILES string of the molecule is COC(=O)CCCC1CCN(Cc2cc(F)cc3c(-c4cnc(OC)c(NS(=O)(=O)C(F)(F)F)c4)nc(N4CCOCC4)nc23)CC1. The van der Waals surface area contributed by atoms with Gasteiger partial charge < -0.3 is 19.1 Å². The molecule has 1 aromatic carbocycles. The first-order valence-corrected chi connectivity index (χ1v) is 16.6. The summed E-state index contributed by atoms with van der Waals surface area (Å²) in [5.41, 5.74) is -4.82. The minimum Gasteiger partial charge on any atom is -0.480 e. The molecule has 0 spiro atoms. The highest BCUT2D eigenvalue weighted by atomic mass is 32.2. The van der Waals surface area contributed by atoms with Crippen molar-refractivity contribution < 1.29 is 45.0 Å². The van der Waals surface area contributed by atoms with Gasteiger partial charge in [-0.25, -0.2) is 19.3 Å². The van der Waals surface area contributed by atoms with Gasteiger partial charge in [0.25, 0.3) is 0 Å². The molecule has 0 amide bonds. The van der Waals surface area contributed by atoms with Crippen molar-refractivity contribution in [3.05, 3.63) is 35.8 Å². The quantitative estimate of drug-likeness (QED) is 0.226. The van der Waals surface area contributed by atoms with E-state index in [1.165, 1.54) is 30.2 Å². The molecule has 1 N–H and O–H groups in total. The molecule has 3 aromatic rings. The number of fused-ring (bicyclic) bond motifs is 1. The van der Waals surface area contributed by atoms with Crippen LogP contribution in [-0.2, 0) is 30.8 Å². The minimum absolute atomic E-state index is 0.122. The fourth-order valence-electron chi connectivity index (χ4n) is 5.83. The van der Waals surface area contributed by atoms with Gasteiger partial charge in [0.2, 0.25) is 11.8 Å². The van der Waals surface area contributed by atoms with E-state index < -0.39 is 32.9 Å². The zero-order valence-electron chi connectivity index (χ0n) is 26.0. The van der Waals surface area contributed by atoms with E-state index in [9.17, 15) is 26.4 Å². The van der Waals surface area contributed by atoms with Crippen LogP contribution in [0.4, 0.5) is 29.2 Å². The van der Waals surface area contributed by atoms with Gasteiger partial charge >= 0.3 is 21.5 Å². The molecule has 0 unspecified atom stereocenters. The van der Waals surface area contributed by atoms with E-state index in [2.05, 4.69) is 14.9 Å². The summed E-state index contributed by atoms with van der Waals surface area (Å²) >= 11 is 0. The topological polar surface area (TPSA) is 136 Å². The van der Waals surface area contributed by atoms with Crippen LogP contribution in [-0.4, -0.2) is 93.4 Å². The summed E-state index contributed by atoms with van der Waals surface area (Å²) < 4.78 is 95.6. The Morgan fingerprint density at radius 3 is 2.47 bits per heavy atom. The number of carbonyl (C=O) groups is 1. The van der Waals surface area contributed by atoms with E-state index in [-0.39, 0.29) is 22.6 Å². The number of anilines is 2. The lowest BCUT2D eigenvalue weighted by Crippen LogP contribution is -2.37. The number of aromatic nitrogens is 3. The number of alkyl halides is 3. The molecule has 12 nitrogen and oxygen atoms in total. The smallest absolute Gasteiger partial charge is 0.480 e. The van der Waals surface area contributed by atoms with Gasteiger partial charge in [-0.05, 0) is 68.5 Å². The summed E-state index contributed by atoms with van der Waals surface area (Å²) in [6.45, 7) is 3.72. The number of sulfonamides is 1. The summed E-state index contributed by atoms with van der Waals surface area (Å²) in [5.74, 6) is -0.403. The molecule has 0 atom stereocenters. The van der Waals surface area contributed by atoms with Gasteiger partial charge in [0, 0.05) is 43.2 Å². The van der Waals surface area contributed by atoms with Gasteiger partial charge in [0.1, 0.15) is 11.5 Å². The number of esters is 1. The molecule has 2 aromatic heterocycles. The summed E-state index contributed by atoms with van der Waals surface area (Å²) in [5, 5.41) is 0.284. The third-order valence-electron chi connectivity index (χ3n) is 8.32. The second-order valence-corrected chi connectivity index (χ2v) is 13.1. The molecule has 17 heteroatoms. The lowest BCUT2D eigenvalue weighted by atomic mass is 9.91. The molecule has 2 fully saturated rings. The van der Waals surface area contributed by atoms with Gasteiger partial charge in [-0.2, -0.15) is 21.6 Å². The van der Waals surface area contributed by atoms with Crippen molar-refractivity contribution in [2.45, 2.75) is 44.2 Å². The number of nitrogens with zero attached hydrogens (tertiary/aromatic N) is 5. The van der Waals surface area contributed by atoms with Crippen LogP contribution >= 0.6 is 0 Å². The van der Waals surface area contributed by atoms with Crippen molar-refractivity contribution in [2.24, 2.45) is 5.92 Å². The van der Waals surface area contributed by atoms with Gasteiger partial charge in [0.15, 0.2) is 0 Å².